The number of hydrogen-bond acceptors (Lipinski definition) is 3. The lowest BCUT2D eigenvalue weighted by Crippen LogP contribution is -2.29. The zero-order chi connectivity index (χ0) is 24.4. The molecule has 3 aromatic carbocycles. The standard InChI is InChI=1S/C26H17F4NO3/c1-13-10-19-20(11-14(13)2)34-24-21(23(19)32)22(15-6-8-17(27)9-7-15)31(25(24)33)18-5-3-4-16(12-18)26(28,29)30/h3-12,22H,1-2H3. The number of alkyl halides is 3. The van der Waals surface area contributed by atoms with Gasteiger partial charge in [-0.1, -0.05) is 18.2 Å². The van der Waals surface area contributed by atoms with E-state index in [1.54, 1.807) is 12.1 Å². The van der Waals surface area contributed by atoms with Crippen molar-refractivity contribution in [2.45, 2.75) is 26.1 Å². The molecular formula is C26H17F4NO3. The molecule has 1 unspecified atom stereocenters. The number of rotatable bonds is 2. The van der Waals surface area contributed by atoms with Crippen molar-refractivity contribution in [2.24, 2.45) is 0 Å². The minimum absolute atomic E-state index is 0.00442. The number of carbonyl (C=O) groups excluding carboxylic acids is 1. The van der Waals surface area contributed by atoms with Crippen LogP contribution in [-0.4, -0.2) is 5.91 Å². The fraction of sp³-hybridized carbons (Fsp3) is 0.154. The highest BCUT2D eigenvalue weighted by atomic mass is 19.4. The van der Waals surface area contributed by atoms with Gasteiger partial charge in [0.1, 0.15) is 11.4 Å². The number of benzene rings is 3. The number of carbonyl (C=O) groups is 1. The Balaban J connectivity index is 1.80. The second kappa shape index (κ2) is 7.55. The summed E-state index contributed by atoms with van der Waals surface area (Å²) in [5.74, 6) is -1.52. The molecule has 1 aliphatic heterocycles. The third kappa shape index (κ3) is 3.37. The van der Waals surface area contributed by atoms with Gasteiger partial charge in [0, 0.05) is 5.69 Å². The molecule has 0 N–H and O–H groups in total. The quantitative estimate of drug-likeness (QED) is 0.324. The van der Waals surface area contributed by atoms with E-state index in [1.807, 2.05) is 13.8 Å². The molecule has 1 aromatic heterocycles. The van der Waals surface area contributed by atoms with E-state index >= 15 is 0 Å². The van der Waals surface area contributed by atoms with E-state index in [0.29, 0.717) is 5.56 Å². The summed E-state index contributed by atoms with van der Waals surface area (Å²) in [6.07, 6.45) is -4.63. The van der Waals surface area contributed by atoms with Gasteiger partial charge in [-0.15, -0.1) is 0 Å². The minimum atomic E-state index is -4.63. The maximum Gasteiger partial charge on any atom is 0.416 e. The molecule has 2 heterocycles. The van der Waals surface area contributed by atoms with Crippen molar-refractivity contribution in [3.63, 3.8) is 0 Å². The van der Waals surface area contributed by atoms with Crippen molar-refractivity contribution >= 4 is 22.6 Å². The van der Waals surface area contributed by atoms with E-state index in [2.05, 4.69) is 0 Å². The van der Waals surface area contributed by atoms with Gasteiger partial charge in [0.2, 0.25) is 5.76 Å². The Morgan fingerprint density at radius 3 is 2.26 bits per heavy atom. The summed E-state index contributed by atoms with van der Waals surface area (Å²) in [6, 6.07) is 11.6. The largest absolute Gasteiger partial charge is 0.450 e. The van der Waals surface area contributed by atoms with Gasteiger partial charge in [-0.25, -0.2) is 4.39 Å². The van der Waals surface area contributed by atoms with E-state index in [-0.39, 0.29) is 28.0 Å². The van der Waals surface area contributed by atoms with Crippen LogP contribution in [0.25, 0.3) is 11.0 Å². The van der Waals surface area contributed by atoms with Crippen LogP contribution < -0.4 is 10.3 Å². The molecular weight excluding hydrogens is 450 g/mol. The molecule has 4 nitrogen and oxygen atoms in total. The number of fused-ring (bicyclic) bond motifs is 2. The van der Waals surface area contributed by atoms with Crippen LogP contribution in [0.15, 0.2) is 69.9 Å². The molecule has 1 aliphatic rings. The van der Waals surface area contributed by atoms with Gasteiger partial charge in [-0.2, -0.15) is 13.2 Å². The van der Waals surface area contributed by atoms with Crippen LogP contribution in [-0.2, 0) is 6.18 Å². The number of nitrogens with zero attached hydrogens (tertiary/aromatic N) is 1. The van der Waals surface area contributed by atoms with Crippen LogP contribution in [0, 0.1) is 19.7 Å². The van der Waals surface area contributed by atoms with Crippen LogP contribution in [0.3, 0.4) is 0 Å². The summed E-state index contributed by atoms with van der Waals surface area (Å²) in [7, 11) is 0. The molecule has 0 saturated carbocycles. The average Bonchev–Trinajstić information content (AvgIpc) is 3.08. The molecule has 4 aromatic rings. The van der Waals surface area contributed by atoms with Crippen LogP contribution in [0.1, 0.15) is 44.4 Å². The lowest BCUT2D eigenvalue weighted by atomic mass is 9.97. The summed E-state index contributed by atoms with van der Waals surface area (Å²) in [5, 5.41) is 0.257. The van der Waals surface area contributed by atoms with Gasteiger partial charge >= 0.3 is 6.18 Å². The zero-order valence-electron chi connectivity index (χ0n) is 18.0. The van der Waals surface area contributed by atoms with Crippen molar-refractivity contribution < 1.29 is 26.8 Å². The Labute approximate surface area is 191 Å². The smallest absolute Gasteiger partial charge is 0.416 e. The molecule has 5 rings (SSSR count). The van der Waals surface area contributed by atoms with E-state index in [0.717, 1.165) is 40.3 Å². The summed E-state index contributed by atoms with van der Waals surface area (Å²) < 4.78 is 59.7. The second-order valence-electron chi connectivity index (χ2n) is 8.28. The molecule has 1 amide bonds. The molecule has 8 heteroatoms. The van der Waals surface area contributed by atoms with Crippen LogP contribution in [0.5, 0.6) is 0 Å². The van der Waals surface area contributed by atoms with Crippen molar-refractivity contribution in [3.05, 3.63) is 110 Å². The van der Waals surface area contributed by atoms with Crippen molar-refractivity contribution in [3.8, 4) is 0 Å². The fourth-order valence-electron chi connectivity index (χ4n) is 4.29. The van der Waals surface area contributed by atoms with Gasteiger partial charge in [0.15, 0.2) is 5.43 Å². The number of aryl methyl sites for hydroxylation is 2. The first-order valence-electron chi connectivity index (χ1n) is 10.4. The molecule has 172 valence electrons. The highest BCUT2D eigenvalue weighted by Crippen LogP contribution is 2.42. The molecule has 1 atom stereocenters. The van der Waals surface area contributed by atoms with E-state index < -0.39 is 34.9 Å². The van der Waals surface area contributed by atoms with E-state index in [1.165, 1.54) is 24.3 Å². The molecule has 0 bridgehead atoms. The predicted molar refractivity (Wildman–Crippen MR) is 118 cm³/mol. The molecule has 0 radical (unpaired) electrons. The maximum atomic E-state index is 13.6. The summed E-state index contributed by atoms with van der Waals surface area (Å²) >= 11 is 0. The molecule has 0 fully saturated rings. The van der Waals surface area contributed by atoms with Gasteiger partial charge in [0.05, 0.1) is 22.6 Å². The van der Waals surface area contributed by atoms with Crippen molar-refractivity contribution in [1.82, 2.24) is 0 Å². The van der Waals surface area contributed by atoms with E-state index in [4.69, 9.17) is 4.42 Å². The Kier molecular flexibility index (Phi) is 4.86. The summed E-state index contributed by atoms with van der Waals surface area (Å²) in [5.41, 5.74) is 0.813. The predicted octanol–water partition coefficient (Wildman–Crippen LogP) is 6.32. The first kappa shape index (κ1) is 21.9. The molecule has 34 heavy (non-hydrogen) atoms. The fourth-order valence-corrected chi connectivity index (χ4v) is 4.29. The highest BCUT2D eigenvalue weighted by Gasteiger charge is 2.44. The lowest BCUT2D eigenvalue weighted by Gasteiger charge is -2.26. The first-order valence-corrected chi connectivity index (χ1v) is 10.4. The third-order valence-electron chi connectivity index (χ3n) is 6.12. The van der Waals surface area contributed by atoms with Gasteiger partial charge in [-0.05, 0) is 73.0 Å². The van der Waals surface area contributed by atoms with E-state index in [9.17, 15) is 27.2 Å². The zero-order valence-corrected chi connectivity index (χ0v) is 18.0. The third-order valence-corrected chi connectivity index (χ3v) is 6.12. The SMILES string of the molecule is Cc1cc2oc3c(c(=O)c2cc1C)C(c1ccc(F)cc1)N(c1cccc(C(F)(F)F)c1)C3=O. The monoisotopic (exact) mass is 467 g/mol. The highest BCUT2D eigenvalue weighted by molar-refractivity contribution is 6.10. The molecule has 0 spiro atoms. The summed E-state index contributed by atoms with van der Waals surface area (Å²) in [6.45, 7) is 3.67. The average molecular weight is 467 g/mol. The Morgan fingerprint density at radius 2 is 1.59 bits per heavy atom. The minimum Gasteiger partial charge on any atom is -0.450 e. The Hall–Kier alpha value is -3.94. The van der Waals surface area contributed by atoms with Crippen LogP contribution in [0.4, 0.5) is 23.2 Å². The van der Waals surface area contributed by atoms with Gasteiger partial charge in [-0.3, -0.25) is 14.5 Å². The second-order valence-corrected chi connectivity index (χ2v) is 8.28. The Bertz CT molecular complexity index is 1520. The summed E-state index contributed by atoms with van der Waals surface area (Å²) in [4.78, 5) is 28.2. The van der Waals surface area contributed by atoms with Crippen LogP contribution >= 0.6 is 0 Å². The number of hydrogen-bond donors (Lipinski definition) is 0. The number of anilines is 1. The van der Waals surface area contributed by atoms with Crippen molar-refractivity contribution in [2.75, 3.05) is 4.90 Å². The Morgan fingerprint density at radius 1 is 0.912 bits per heavy atom. The maximum absolute atomic E-state index is 13.6. The topological polar surface area (TPSA) is 50.5 Å². The number of halogens is 4. The lowest BCUT2D eigenvalue weighted by molar-refractivity contribution is -0.137. The van der Waals surface area contributed by atoms with Crippen LogP contribution in [0.2, 0.25) is 0 Å². The molecule has 0 aliphatic carbocycles. The number of amides is 1. The molecule has 0 saturated heterocycles. The first-order chi connectivity index (χ1) is 16.1. The van der Waals surface area contributed by atoms with Gasteiger partial charge < -0.3 is 4.42 Å². The van der Waals surface area contributed by atoms with Gasteiger partial charge in [0.25, 0.3) is 5.91 Å². The normalized spacial score (nSPS) is 15.8. The van der Waals surface area contributed by atoms with Crippen molar-refractivity contribution in [1.29, 1.82) is 0 Å².